The SMILES string of the molecule is CCc1ccccc1NN1C(=O)C(CC(=O)OC(C)C)c2cccc(CC)c21. The van der Waals surface area contributed by atoms with Gasteiger partial charge in [0.2, 0.25) is 0 Å². The Morgan fingerprint density at radius 1 is 1.07 bits per heavy atom. The second-order valence-corrected chi connectivity index (χ2v) is 7.30. The van der Waals surface area contributed by atoms with Gasteiger partial charge in [0.15, 0.2) is 0 Å². The van der Waals surface area contributed by atoms with Crippen LogP contribution in [-0.4, -0.2) is 18.0 Å². The largest absolute Gasteiger partial charge is 0.463 e. The van der Waals surface area contributed by atoms with Gasteiger partial charge >= 0.3 is 5.97 Å². The number of carbonyl (C=O) groups is 2. The summed E-state index contributed by atoms with van der Waals surface area (Å²) >= 11 is 0. The molecule has 2 aromatic rings. The third kappa shape index (κ3) is 3.88. The van der Waals surface area contributed by atoms with Crippen molar-refractivity contribution in [1.82, 2.24) is 0 Å². The summed E-state index contributed by atoms with van der Waals surface area (Å²) in [5.74, 6) is -1.01. The Kier molecular flexibility index (Phi) is 6.02. The molecule has 0 saturated carbocycles. The Morgan fingerprint density at radius 3 is 2.43 bits per heavy atom. The van der Waals surface area contributed by atoms with Crippen molar-refractivity contribution in [3.63, 3.8) is 0 Å². The number of fused-ring (bicyclic) bond motifs is 1. The summed E-state index contributed by atoms with van der Waals surface area (Å²) in [6.45, 7) is 7.78. The van der Waals surface area contributed by atoms with Gasteiger partial charge in [-0.05, 0) is 49.4 Å². The zero-order valence-corrected chi connectivity index (χ0v) is 17.0. The number of hydrazine groups is 1. The fourth-order valence-electron chi connectivity index (χ4n) is 3.69. The number of carbonyl (C=O) groups excluding carboxylic acids is 2. The lowest BCUT2D eigenvalue weighted by atomic mass is 9.95. The maximum Gasteiger partial charge on any atom is 0.307 e. The minimum atomic E-state index is -0.533. The zero-order chi connectivity index (χ0) is 20.3. The van der Waals surface area contributed by atoms with Crippen LogP contribution in [-0.2, 0) is 27.2 Å². The number of nitrogens with zero attached hydrogens (tertiary/aromatic N) is 1. The highest BCUT2D eigenvalue weighted by Crippen LogP contribution is 2.42. The number of ether oxygens (including phenoxy) is 1. The van der Waals surface area contributed by atoms with Crippen LogP contribution in [0.15, 0.2) is 42.5 Å². The molecule has 0 fully saturated rings. The highest BCUT2D eigenvalue weighted by atomic mass is 16.5. The number of esters is 1. The quantitative estimate of drug-likeness (QED) is 0.713. The van der Waals surface area contributed by atoms with Crippen LogP contribution in [0.25, 0.3) is 0 Å². The van der Waals surface area contributed by atoms with E-state index in [1.807, 2.05) is 56.3 Å². The van der Waals surface area contributed by atoms with Gasteiger partial charge in [0.25, 0.3) is 5.91 Å². The average molecular weight is 380 g/mol. The van der Waals surface area contributed by atoms with Crippen molar-refractivity contribution in [2.24, 2.45) is 0 Å². The second kappa shape index (κ2) is 8.46. The molecule has 5 nitrogen and oxygen atoms in total. The smallest absolute Gasteiger partial charge is 0.307 e. The molecule has 1 atom stereocenters. The molecule has 0 bridgehead atoms. The van der Waals surface area contributed by atoms with Crippen LogP contribution in [0.2, 0.25) is 0 Å². The van der Waals surface area contributed by atoms with Gasteiger partial charge in [-0.15, -0.1) is 0 Å². The Bertz CT molecular complexity index is 876. The maximum atomic E-state index is 13.3. The van der Waals surface area contributed by atoms with E-state index in [-0.39, 0.29) is 24.4 Å². The van der Waals surface area contributed by atoms with Crippen molar-refractivity contribution in [3.8, 4) is 0 Å². The summed E-state index contributed by atoms with van der Waals surface area (Å²) in [5.41, 5.74) is 8.17. The Balaban J connectivity index is 1.98. The van der Waals surface area contributed by atoms with Crippen molar-refractivity contribution in [2.75, 3.05) is 10.4 Å². The summed E-state index contributed by atoms with van der Waals surface area (Å²) in [6.07, 6.45) is 1.51. The molecule has 1 aliphatic heterocycles. The molecular formula is C23H28N2O3. The van der Waals surface area contributed by atoms with E-state index in [0.717, 1.165) is 40.9 Å². The maximum absolute atomic E-state index is 13.3. The van der Waals surface area contributed by atoms with Crippen molar-refractivity contribution in [2.45, 2.75) is 59.0 Å². The molecule has 28 heavy (non-hydrogen) atoms. The van der Waals surface area contributed by atoms with Crippen LogP contribution < -0.4 is 10.4 Å². The van der Waals surface area contributed by atoms with Crippen LogP contribution in [0.5, 0.6) is 0 Å². The van der Waals surface area contributed by atoms with Crippen molar-refractivity contribution in [1.29, 1.82) is 0 Å². The summed E-state index contributed by atoms with van der Waals surface area (Å²) in [6, 6.07) is 13.9. The van der Waals surface area contributed by atoms with E-state index in [1.54, 1.807) is 5.01 Å². The van der Waals surface area contributed by atoms with Gasteiger partial charge in [0, 0.05) is 0 Å². The fraction of sp³-hybridized carbons (Fsp3) is 0.391. The molecule has 5 heteroatoms. The Labute approximate surface area is 166 Å². The summed E-state index contributed by atoms with van der Waals surface area (Å²) < 4.78 is 5.29. The highest BCUT2D eigenvalue weighted by Gasteiger charge is 2.40. The molecule has 0 aromatic heterocycles. The molecule has 1 unspecified atom stereocenters. The van der Waals surface area contributed by atoms with Crippen molar-refractivity contribution in [3.05, 3.63) is 59.2 Å². The van der Waals surface area contributed by atoms with Gasteiger partial charge in [0.05, 0.1) is 29.8 Å². The number of rotatable bonds is 7. The summed E-state index contributed by atoms with van der Waals surface area (Å²) in [4.78, 5) is 25.6. The monoisotopic (exact) mass is 380 g/mol. The van der Waals surface area contributed by atoms with Crippen molar-refractivity contribution >= 4 is 23.3 Å². The predicted molar refractivity (Wildman–Crippen MR) is 111 cm³/mol. The first-order valence-corrected chi connectivity index (χ1v) is 9.96. The predicted octanol–water partition coefficient (Wildman–Crippen LogP) is 4.61. The van der Waals surface area contributed by atoms with E-state index in [1.165, 1.54) is 0 Å². The van der Waals surface area contributed by atoms with E-state index in [4.69, 9.17) is 4.74 Å². The fourth-order valence-corrected chi connectivity index (χ4v) is 3.69. The van der Waals surface area contributed by atoms with E-state index < -0.39 is 5.92 Å². The third-order valence-corrected chi connectivity index (χ3v) is 5.02. The van der Waals surface area contributed by atoms with E-state index >= 15 is 0 Å². The number of hydrogen-bond acceptors (Lipinski definition) is 4. The minimum Gasteiger partial charge on any atom is -0.463 e. The van der Waals surface area contributed by atoms with Gasteiger partial charge in [-0.2, -0.15) is 0 Å². The number of amides is 1. The molecule has 0 spiro atoms. The van der Waals surface area contributed by atoms with Gasteiger partial charge in [0.1, 0.15) is 0 Å². The van der Waals surface area contributed by atoms with Crippen LogP contribution in [0.1, 0.15) is 56.7 Å². The molecular weight excluding hydrogens is 352 g/mol. The van der Waals surface area contributed by atoms with Crippen LogP contribution >= 0.6 is 0 Å². The Hall–Kier alpha value is -2.82. The molecule has 1 heterocycles. The number of anilines is 2. The third-order valence-electron chi connectivity index (χ3n) is 5.02. The normalized spacial score (nSPS) is 15.7. The molecule has 148 valence electrons. The zero-order valence-electron chi connectivity index (χ0n) is 17.0. The molecule has 0 radical (unpaired) electrons. The second-order valence-electron chi connectivity index (χ2n) is 7.30. The lowest BCUT2D eigenvalue weighted by Crippen LogP contribution is -2.35. The number of hydrogen-bond donors (Lipinski definition) is 1. The first kappa shape index (κ1) is 19.9. The minimum absolute atomic E-state index is 0.0464. The topological polar surface area (TPSA) is 58.6 Å². The first-order chi connectivity index (χ1) is 13.5. The van der Waals surface area contributed by atoms with Gasteiger partial charge in [-0.1, -0.05) is 50.2 Å². The van der Waals surface area contributed by atoms with Crippen LogP contribution in [0.3, 0.4) is 0 Å². The number of aryl methyl sites for hydroxylation is 2. The molecule has 1 aliphatic rings. The number of benzene rings is 2. The van der Waals surface area contributed by atoms with Crippen LogP contribution in [0.4, 0.5) is 11.4 Å². The van der Waals surface area contributed by atoms with E-state index in [2.05, 4.69) is 19.3 Å². The molecule has 1 amide bonds. The van der Waals surface area contributed by atoms with Crippen LogP contribution in [0, 0.1) is 0 Å². The molecule has 0 saturated heterocycles. The molecule has 0 aliphatic carbocycles. The van der Waals surface area contributed by atoms with Crippen molar-refractivity contribution < 1.29 is 14.3 Å². The molecule has 3 rings (SSSR count). The van der Waals surface area contributed by atoms with Gasteiger partial charge < -0.3 is 4.74 Å². The Morgan fingerprint density at radius 2 is 1.75 bits per heavy atom. The lowest BCUT2D eigenvalue weighted by molar-refractivity contribution is -0.148. The van der Waals surface area contributed by atoms with Gasteiger partial charge in [-0.3, -0.25) is 15.0 Å². The van der Waals surface area contributed by atoms with Gasteiger partial charge in [-0.25, -0.2) is 5.01 Å². The number of para-hydroxylation sites is 2. The first-order valence-electron chi connectivity index (χ1n) is 9.96. The van der Waals surface area contributed by atoms with E-state index in [0.29, 0.717) is 0 Å². The summed E-state index contributed by atoms with van der Waals surface area (Å²) in [7, 11) is 0. The summed E-state index contributed by atoms with van der Waals surface area (Å²) in [5, 5.41) is 1.62. The molecule has 2 aromatic carbocycles. The average Bonchev–Trinajstić information content (AvgIpc) is 2.93. The molecule has 1 N–H and O–H groups in total. The van der Waals surface area contributed by atoms with E-state index in [9.17, 15) is 9.59 Å². The lowest BCUT2D eigenvalue weighted by Gasteiger charge is -2.23. The highest BCUT2D eigenvalue weighted by molar-refractivity contribution is 6.08. The number of nitrogens with one attached hydrogen (secondary N) is 1. The standard InChI is InChI=1S/C23H28N2O3/c1-5-16-10-7-8-13-20(16)24-25-22-17(6-2)11-9-12-18(22)19(23(25)27)14-21(26)28-15(3)4/h7-13,15,19,24H,5-6,14H2,1-4H3.